The molecule has 0 bridgehead atoms. The van der Waals surface area contributed by atoms with Crippen molar-refractivity contribution in [2.75, 3.05) is 9.80 Å². The molecule has 2 aromatic heterocycles. The lowest BCUT2D eigenvalue weighted by Gasteiger charge is -2.23. The van der Waals surface area contributed by atoms with Gasteiger partial charge in [-0.3, -0.25) is 0 Å². The van der Waals surface area contributed by atoms with Gasteiger partial charge in [0.25, 0.3) is 0 Å². The van der Waals surface area contributed by atoms with Gasteiger partial charge in [-0.05, 0) is 53.3 Å². The summed E-state index contributed by atoms with van der Waals surface area (Å²) < 4.78 is 0. The number of anilines is 2. The van der Waals surface area contributed by atoms with E-state index >= 15 is 0 Å². The first-order valence-electron chi connectivity index (χ1n) is 10.5. The third-order valence-corrected chi connectivity index (χ3v) is 7.45. The van der Waals surface area contributed by atoms with Crippen LogP contribution in [-0.2, 0) is 0 Å². The van der Waals surface area contributed by atoms with Gasteiger partial charge in [0, 0.05) is 47.1 Å². The molecule has 0 unspecified atom stereocenters. The van der Waals surface area contributed by atoms with Crippen LogP contribution in [0.1, 0.15) is 22.6 Å². The highest BCUT2D eigenvalue weighted by Gasteiger charge is 2.20. The number of allylic oxidation sites excluding steroid dienone is 2. The SMILES string of the molecule is C=CN1/C(=C/c2ncc3nnc(/C=C4\C=Cc5ccsc5N4C=C)c-3cn2)C=Cc2ccsc21. The van der Waals surface area contributed by atoms with E-state index in [1.165, 1.54) is 11.1 Å². The number of hydrogen-bond acceptors (Lipinski definition) is 8. The van der Waals surface area contributed by atoms with Crippen LogP contribution in [0.3, 0.4) is 0 Å². The summed E-state index contributed by atoms with van der Waals surface area (Å²) in [5.41, 5.74) is 6.52. The molecule has 4 aliphatic rings. The third-order valence-electron chi connectivity index (χ3n) is 5.60. The monoisotopic (exact) mass is 478 g/mol. The molecule has 0 saturated carbocycles. The number of thiophene rings is 2. The molecule has 0 amide bonds. The summed E-state index contributed by atoms with van der Waals surface area (Å²) in [6.45, 7) is 7.95. The van der Waals surface area contributed by atoms with Gasteiger partial charge in [0.15, 0.2) is 5.82 Å². The summed E-state index contributed by atoms with van der Waals surface area (Å²) in [7, 11) is 0. The minimum atomic E-state index is 0.580. The predicted molar refractivity (Wildman–Crippen MR) is 142 cm³/mol. The van der Waals surface area contributed by atoms with Crippen molar-refractivity contribution in [2.24, 2.45) is 0 Å². The van der Waals surface area contributed by atoms with E-state index < -0.39 is 0 Å². The predicted octanol–water partition coefficient (Wildman–Crippen LogP) is 6.53. The van der Waals surface area contributed by atoms with Crippen molar-refractivity contribution < 1.29 is 0 Å². The summed E-state index contributed by atoms with van der Waals surface area (Å²) in [6, 6.07) is 4.19. The highest BCUT2D eigenvalue weighted by Crippen LogP contribution is 2.38. The van der Waals surface area contributed by atoms with Crippen molar-refractivity contribution in [1.29, 1.82) is 0 Å². The first-order valence-corrected chi connectivity index (χ1v) is 12.3. The number of rotatable bonds is 4. The van der Waals surface area contributed by atoms with E-state index in [4.69, 9.17) is 0 Å². The largest absolute Gasteiger partial charge is 0.309 e. The lowest BCUT2D eigenvalue weighted by Crippen LogP contribution is -2.15. The van der Waals surface area contributed by atoms with E-state index in [9.17, 15) is 0 Å². The molecular formula is C26H18N6S2. The van der Waals surface area contributed by atoms with Crippen LogP contribution in [0.4, 0.5) is 10.0 Å². The lowest BCUT2D eigenvalue weighted by atomic mass is 10.1. The standard InChI is InChI=1S/C26H18N6S2/c1-3-31-19(7-5-17-9-11-33-25(17)31)13-22-21-15-27-24(28-16-23(21)30-29-22)14-20-8-6-18-10-12-34-26(18)32(20)4-2/h3-16H,1-2H2/b19-13+,20-14+. The second-order valence-corrected chi connectivity index (χ2v) is 9.32. The Morgan fingerprint density at radius 3 is 2.00 bits per heavy atom. The van der Waals surface area contributed by atoms with Gasteiger partial charge in [-0.1, -0.05) is 13.2 Å². The molecule has 4 aliphatic heterocycles. The Labute approximate surface area is 204 Å². The fourth-order valence-corrected chi connectivity index (χ4v) is 5.76. The van der Waals surface area contributed by atoms with Crippen molar-refractivity contribution in [3.05, 3.63) is 107 Å². The summed E-state index contributed by atoms with van der Waals surface area (Å²) >= 11 is 3.35. The maximum Gasteiger partial charge on any atom is 0.153 e. The van der Waals surface area contributed by atoms with E-state index in [0.717, 1.165) is 32.7 Å². The molecule has 2 aromatic rings. The molecule has 164 valence electrons. The van der Waals surface area contributed by atoms with E-state index in [1.54, 1.807) is 35.1 Å². The van der Waals surface area contributed by atoms with Crippen LogP contribution < -0.4 is 9.80 Å². The molecule has 6 rings (SSSR count). The molecule has 0 aliphatic carbocycles. The molecule has 6 nitrogen and oxygen atoms in total. The van der Waals surface area contributed by atoms with Crippen molar-refractivity contribution in [3.8, 4) is 11.3 Å². The molecule has 0 fully saturated rings. The average molecular weight is 479 g/mol. The second-order valence-electron chi connectivity index (χ2n) is 7.53. The van der Waals surface area contributed by atoms with E-state index in [2.05, 4.69) is 79.3 Å². The van der Waals surface area contributed by atoms with Gasteiger partial charge < -0.3 is 9.80 Å². The average Bonchev–Trinajstić information content (AvgIpc) is 3.58. The van der Waals surface area contributed by atoms with Crippen LogP contribution >= 0.6 is 22.7 Å². The van der Waals surface area contributed by atoms with Crippen molar-refractivity contribution in [1.82, 2.24) is 20.2 Å². The maximum atomic E-state index is 4.63. The zero-order valence-corrected chi connectivity index (χ0v) is 19.6. The van der Waals surface area contributed by atoms with E-state index in [0.29, 0.717) is 11.5 Å². The van der Waals surface area contributed by atoms with Gasteiger partial charge in [-0.2, -0.15) is 0 Å². The number of nitrogens with zero attached hydrogens (tertiary/aromatic N) is 6. The maximum absolute atomic E-state index is 4.63. The molecule has 0 atom stereocenters. The zero-order chi connectivity index (χ0) is 23.1. The Hall–Kier alpha value is -4.14. The van der Waals surface area contributed by atoms with Gasteiger partial charge in [0.1, 0.15) is 15.7 Å². The van der Waals surface area contributed by atoms with Crippen LogP contribution in [0.5, 0.6) is 0 Å². The fourth-order valence-electron chi connectivity index (χ4n) is 3.94. The van der Waals surface area contributed by atoms with Crippen molar-refractivity contribution >= 4 is 57.0 Å². The molecule has 8 heteroatoms. The molecule has 0 radical (unpaired) electrons. The Kier molecular flexibility index (Phi) is 5.01. The van der Waals surface area contributed by atoms with E-state index in [1.807, 2.05) is 35.5 Å². The first-order chi connectivity index (χ1) is 16.7. The Morgan fingerprint density at radius 1 is 0.735 bits per heavy atom. The normalized spacial score (nSPS) is 16.8. The van der Waals surface area contributed by atoms with Gasteiger partial charge >= 0.3 is 0 Å². The molecule has 0 N–H and O–H groups in total. The summed E-state index contributed by atoms with van der Waals surface area (Å²) in [5, 5.41) is 15.1. The van der Waals surface area contributed by atoms with Gasteiger partial charge in [-0.25, -0.2) is 9.97 Å². The second kappa shape index (κ2) is 8.33. The minimum absolute atomic E-state index is 0.580. The van der Waals surface area contributed by atoms with Crippen LogP contribution in [0.2, 0.25) is 0 Å². The van der Waals surface area contributed by atoms with Crippen LogP contribution in [-0.4, -0.2) is 20.2 Å². The molecule has 0 spiro atoms. The summed E-state index contributed by atoms with van der Waals surface area (Å²) in [5.74, 6) is 0.580. The fraction of sp³-hybridized carbons (Fsp3) is 0. The Morgan fingerprint density at radius 2 is 1.35 bits per heavy atom. The first kappa shape index (κ1) is 20.5. The van der Waals surface area contributed by atoms with Crippen molar-refractivity contribution in [3.63, 3.8) is 0 Å². The zero-order valence-electron chi connectivity index (χ0n) is 18.0. The van der Waals surface area contributed by atoms with Crippen molar-refractivity contribution in [2.45, 2.75) is 0 Å². The van der Waals surface area contributed by atoms with Gasteiger partial charge in [0.05, 0.1) is 17.6 Å². The topological polar surface area (TPSA) is 58.0 Å². The lowest BCUT2D eigenvalue weighted by molar-refractivity contribution is 1.08. The van der Waals surface area contributed by atoms with Gasteiger partial charge in [-0.15, -0.1) is 32.9 Å². The third kappa shape index (κ3) is 3.40. The quantitative estimate of drug-likeness (QED) is 0.332. The number of aromatic nitrogens is 4. The molecule has 0 saturated heterocycles. The smallest absolute Gasteiger partial charge is 0.153 e. The van der Waals surface area contributed by atoms with Gasteiger partial charge in [0.2, 0.25) is 0 Å². The number of fused-ring (bicyclic) bond motifs is 3. The molecule has 6 heterocycles. The van der Waals surface area contributed by atoms with Crippen LogP contribution in [0.25, 0.3) is 35.6 Å². The molecule has 34 heavy (non-hydrogen) atoms. The highest BCUT2D eigenvalue weighted by atomic mass is 32.1. The minimum Gasteiger partial charge on any atom is -0.309 e. The Bertz CT molecular complexity index is 1520. The highest BCUT2D eigenvalue weighted by molar-refractivity contribution is 7.14. The molecule has 0 aromatic carbocycles. The van der Waals surface area contributed by atoms with E-state index in [-0.39, 0.29) is 0 Å². The van der Waals surface area contributed by atoms with Crippen LogP contribution in [0, 0.1) is 0 Å². The summed E-state index contributed by atoms with van der Waals surface area (Å²) in [4.78, 5) is 13.3. The summed E-state index contributed by atoms with van der Waals surface area (Å²) in [6.07, 6.45) is 19.3. The molecular weight excluding hydrogens is 460 g/mol. The number of hydrogen-bond donors (Lipinski definition) is 0. The Balaban J connectivity index is 1.36. The van der Waals surface area contributed by atoms with Crippen LogP contribution in [0.15, 0.2) is 84.4 Å².